The van der Waals surface area contributed by atoms with Gasteiger partial charge in [0.1, 0.15) is 6.61 Å². The van der Waals surface area contributed by atoms with E-state index < -0.39 is 30.1 Å². The second-order valence-electron chi connectivity index (χ2n) is 4.79. The van der Waals surface area contributed by atoms with E-state index in [0.717, 1.165) is 0 Å². The number of carbonyl (C=O) groups is 3. The van der Waals surface area contributed by atoms with Crippen LogP contribution < -0.4 is 20.1 Å². The van der Waals surface area contributed by atoms with Gasteiger partial charge in [0, 0.05) is 6.54 Å². The average Bonchev–Trinajstić information content (AvgIpc) is 2.54. The molecule has 3 amide bonds. The van der Waals surface area contributed by atoms with Crippen molar-refractivity contribution in [1.29, 1.82) is 0 Å². The molecule has 0 spiro atoms. The van der Waals surface area contributed by atoms with E-state index >= 15 is 0 Å². The highest BCUT2D eigenvalue weighted by molar-refractivity contribution is 5.97. The fourth-order valence-corrected chi connectivity index (χ4v) is 1.86. The number of urea groups is 1. The van der Waals surface area contributed by atoms with Crippen LogP contribution in [0.2, 0.25) is 0 Å². The van der Waals surface area contributed by atoms with E-state index in [1.165, 1.54) is 6.92 Å². The minimum Gasteiger partial charge on any atom is -0.485 e. The minimum absolute atomic E-state index is 0.0134. The molecule has 1 aliphatic heterocycles. The summed E-state index contributed by atoms with van der Waals surface area (Å²) in [5.41, 5.74) is 0. The third-order valence-electron chi connectivity index (χ3n) is 3.01. The molecule has 0 radical (unpaired) electrons. The molecule has 0 saturated heterocycles. The van der Waals surface area contributed by atoms with Crippen molar-refractivity contribution in [1.82, 2.24) is 10.6 Å². The van der Waals surface area contributed by atoms with Crippen molar-refractivity contribution < 1.29 is 28.6 Å². The largest absolute Gasteiger partial charge is 0.485 e. The van der Waals surface area contributed by atoms with Crippen molar-refractivity contribution in [2.45, 2.75) is 26.1 Å². The Bertz CT molecular complexity index is 603. The van der Waals surface area contributed by atoms with Crippen molar-refractivity contribution >= 4 is 17.9 Å². The van der Waals surface area contributed by atoms with Gasteiger partial charge in [0.05, 0.1) is 0 Å². The molecule has 2 N–H and O–H groups in total. The first-order chi connectivity index (χ1) is 11.0. The normalized spacial score (nSPS) is 16.9. The molecule has 1 aromatic carbocycles. The molecule has 8 heteroatoms. The lowest BCUT2D eigenvalue weighted by molar-refractivity contribution is -0.163. The van der Waals surface area contributed by atoms with Gasteiger partial charge in [0.2, 0.25) is 6.10 Å². The second-order valence-corrected chi connectivity index (χ2v) is 4.79. The smallest absolute Gasteiger partial charge is 0.351 e. The summed E-state index contributed by atoms with van der Waals surface area (Å²) in [6.45, 7) is 3.44. The van der Waals surface area contributed by atoms with Crippen molar-refractivity contribution in [3.05, 3.63) is 24.3 Å². The summed E-state index contributed by atoms with van der Waals surface area (Å²) in [5.74, 6) is -0.488. The maximum Gasteiger partial charge on any atom is 0.351 e. The number of carbonyl (C=O) groups excluding carboxylic acids is 3. The topological polar surface area (TPSA) is 103 Å². The number of esters is 1. The number of amides is 3. The lowest BCUT2D eigenvalue weighted by Gasteiger charge is -2.25. The van der Waals surface area contributed by atoms with E-state index in [0.29, 0.717) is 18.0 Å². The van der Waals surface area contributed by atoms with Crippen LogP contribution in [-0.2, 0) is 14.3 Å². The van der Waals surface area contributed by atoms with Gasteiger partial charge < -0.3 is 19.5 Å². The third kappa shape index (κ3) is 4.35. The predicted molar refractivity (Wildman–Crippen MR) is 79.1 cm³/mol. The number of fused-ring (bicyclic) bond motifs is 1. The predicted octanol–water partition coefficient (Wildman–Crippen LogP) is 0.604. The molecule has 124 valence electrons. The van der Waals surface area contributed by atoms with Gasteiger partial charge in [0.15, 0.2) is 17.6 Å². The van der Waals surface area contributed by atoms with Crippen molar-refractivity contribution in [3.8, 4) is 11.5 Å². The lowest BCUT2D eigenvalue weighted by Crippen LogP contribution is -2.46. The molecule has 23 heavy (non-hydrogen) atoms. The summed E-state index contributed by atoms with van der Waals surface area (Å²) >= 11 is 0. The molecule has 2 atom stereocenters. The average molecular weight is 322 g/mol. The zero-order valence-electron chi connectivity index (χ0n) is 12.8. The lowest BCUT2D eigenvalue weighted by atomic mass is 10.2. The third-order valence-corrected chi connectivity index (χ3v) is 3.01. The van der Waals surface area contributed by atoms with E-state index in [9.17, 15) is 14.4 Å². The summed E-state index contributed by atoms with van der Waals surface area (Å²) in [6.07, 6.45) is -2.10. The molecule has 1 aliphatic rings. The quantitative estimate of drug-likeness (QED) is 0.787. The number of imide groups is 1. The van der Waals surface area contributed by atoms with Gasteiger partial charge in [-0.25, -0.2) is 9.59 Å². The van der Waals surface area contributed by atoms with Gasteiger partial charge in [0.25, 0.3) is 5.91 Å². The van der Waals surface area contributed by atoms with Gasteiger partial charge in [-0.05, 0) is 26.0 Å². The van der Waals surface area contributed by atoms with E-state index in [-0.39, 0.29) is 6.61 Å². The standard InChI is InChI=1S/C15H18N2O6/c1-3-16-15(20)17-13(18)9(2)22-14(19)12-8-21-10-6-4-5-7-11(10)23-12/h4-7,9,12H,3,8H2,1-2H3,(H2,16,17,18,20)/t9-,12+/m0/s1. The fraction of sp³-hybridized carbons (Fsp3) is 0.400. The first kappa shape index (κ1) is 16.6. The molecule has 2 rings (SSSR count). The summed E-state index contributed by atoms with van der Waals surface area (Å²) in [6, 6.07) is 6.28. The van der Waals surface area contributed by atoms with Gasteiger partial charge >= 0.3 is 12.0 Å². The maximum absolute atomic E-state index is 12.0. The molecule has 0 fully saturated rings. The van der Waals surface area contributed by atoms with E-state index in [1.54, 1.807) is 31.2 Å². The maximum atomic E-state index is 12.0. The molecule has 0 aromatic heterocycles. The highest BCUT2D eigenvalue weighted by Gasteiger charge is 2.31. The Morgan fingerprint density at radius 1 is 1.30 bits per heavy atom. The van der Waals surface area contributed by atoms with Crippen LogP contribution in [0.1, 0.15) is 13.8 Å². The monoisotopic (exact) mass is 322 g/mol. The van der Waals surface area contributed by atoms with Gasteiger partial charge in [-0.15, -0.1) is 0 Å². The number of benzene rings is 1. The molecule has 0 saturated carbocycles. The zero-order valence-corrected chi connectivity index (χ0v) is 12.8. The Kier molecular flexibility index (Phi) is 5.40. The Morgan fingerprint density at radius 3 is 2.70 bits per heavy atom. The molecule has 0 bridgehead atoms. The van der Waals surface area contributed by atoms with Crippen molar-refractivity contribution in [2.24, 2.45) is 0 Å². The zero-order chi connectivity index (χ0) is 16.8. The highest BCUT2D eigenvalue weighted by atomic mass is 16.6. The number of ether oxygens (including phenoxy) is 3. The number of nitrogens with one attached hydrogen (secondary N) is 2. The summed E-state index contributed by atoms with van der Waals surface area (Å²) in [4.78, 5) is 35.0. The molecule has 1 heterocycles. The van der Waals surface area contributed by atoms with Crippen molar-refractivity contribution in [3.63, 3.8) is 0 Å². The number of hydrogen-bond acceptors (Lipinski definition) is 6. The summed E-state index contributed by atoms with van der Waals surface area (Å²) in [5, 5.41) is 4.47. The minimum atomic E-state index is -1.13. The molecule has 0 aliphatic carbocycles. The summed E-state index contributed by atoms with van der Waals surface area (Å²) < 4.78 is 15.9. The van der Waals surface area contributed by atoms with Gasteiger partial charge in [-0.2, -0.15) is 0 Å². The Labute approximate surface area is 133 Å². The van der Waals surface area contributed by atoms with Crippen LogP contribution in [0.25, 0.3) is 0 Å². The highest BCUT2D eigenvalue weighted by Crippen LogP contribution is 2.31. The van der Waals surface area contributed by atoms with Crippen LogP contribution in [0, 0.1) is 0 Å². The first-order valence-electron chi connectivity index (χ1n) is 7.19. The Morgan fingerprint density at radius 2 is 2.00 bits per heavy atom. The fourth-order valence-electron chi connectivity index (χ4n) is 1.86. The van der Waals surface area contributed by atoms with E-state index in [2.05, 4.69) is 10.6 Å². The first-order valence-corrected chi connectivity index (χ1v) is 7.19. The molecule has 1 aromatic rings. The molecular formula is C15H18N2O6. The molecular weight excluding hydrogens is 304 g/mol. The van der Waals surface area contributed by atoms with Crippen LogP contribution in [0.4, 0.5) is 4.79 Å². The molecule has 8 nitrogen and oxygen atoms in total. The van der Waals surface area contributed by atoms with Crippen LogP contribution in [-0.4, -0.2) is 43.3 Å². The van der Waals surface area contributed by atoms with Gasteiger partial charge in [-0.1, -0.05) is 12.1 Å². The Balaban J connectivity index is 1.87. The number of rotatable bonds is 4. The number of hydrogen-bond donors (Lipinski definition) is 2. The SMILES string of the molecule is CCNC(=O)NC(=O)[C@H](C)OC(=O)[C@H]1COc2ccccc2O1. The van der Waals surface area contributed by atoms with Gasteiger partial charge in [-0.3, -0.25) is 10.1 Å². The Hall–Kier alpha value is -2.77. The van der Waals surface area contributed by atoms with Crippen LogP contribution in [0.5, 0.6) is 11.5 Å². The van der Waals surface area contributed by atoms with Crippen LogP contribution >= 0.6 is 0 Å². The summed E-state index contributed by atoms with van der Waals surface area (Å²) in [7, 11) is 0. The molecule has 0 unspecified atom stereocenters. The second kappa shape index (κ2) is 7.48. The van der Waals surface area contributed by atoms with E-state index in [4.69, 9.17) is 14.2 Å². The van der Waals surface area contributed by atoms with Crippen LogP contribution in [0.3, 0.4) is 0 Å². The van der Waals surface area contributed by atoms with Crippen molar-refractivity contribution in [2.75, 3.05) is 13.2 Å². The van der Waals surface area contributed by atoms with Crippen LogP contribution in [0.15, 0.2) is 24.3 Å². The van der Waals surface area contributed by atoms with E-state index in [1.807, 2.05) is 0 Å². The number of para-hydroxylation sites is 2.